The Morgan fingerprint density at radius 1 is 0.495 bits per heavy atom. The Morgan fingerprint density at radius 3 is 1.48 bits per heavy atom. The lowest BCUT2D eigenvalue weighted by molar-refractivity contribution is -0.148. The summed E-state index contributed by atoms with van der Waals surface area (Å²) < 4.78 is 0. The van der Waals surface area contributed by atoms with Gasteiger partial charge >= 0.3 is 0 Å². The second-order valence-electron chi connectivity index (χ2n) is 25.4. The summed E-state index contributed by atoms with van der Waals surface area (Å²) in [5.74, 6) is -19.1. The Labute approximate surface area is 590 Å². The summed E-state index contributed by atoms with van der Waals surface area (Å²) in [4.78, 5) is 234. The number of primary amides is 2. The molecule has 0 aromatic heterocycles. The van der Waals surface area contributed by atoms with Crippen molar-refractivity contribution in [3.8, 4) is 0 Å². The van der Waals surface area contributed by atoms with E-state index in [9.17, 15) is 92.0 Å². The van der Waals surface area contributed by atoms with Gasteiger partial charge in [-0.2, -0.15) is 0 Å². The van der Waals surface area contributed by atoms with E-state index in [0.717, 1.165) is 40.3 Å². The summed E-state index contributed by atoms with van der Waals surface area (Å²) in [5.41, 5.74) is 27.9. The number of hydrogen-bond donors (Lipinski definition) is 19. The molecule has 5 aliphatic rings. The molecule has 41 heteroatoms. The molecule has 5 heterocycles. The normalized spacial score (nSPS) is 29.2. The highest BCUT2D eigenvalue weighted by Crippen LogP contribution is 2.28. The number of hydrogen-bond acceptors (Lipinski definition) is 23. The van der Waals surface area contributed by atoms with Gasteiger partial charge in [0, 0.05) is 37.7 Å². The molecule has 0 aromatic rings. The van der Waals surface area contributed by atoms with Gasteiger partial charge in [-0.3, -0.25) is 81.7 Å². The van der Waals surface area contributed by atoms with E-state index >= 15 is 0 Å². The summed E-state index contributed by atoms with van der Waals surface area (Å²) in [5, 5.41) is 59.4. The van der Waals surface area contributed by atoms with Crippen molar-refractivity contribution in [2.75, 3.05) is 57.4 Å². The van der Waals surface area contributed by atoms with Crippen LogP contribution in [0.3, 0.4) is 0 Å². The van der Waals surface area contributed by atoms with Crippen LogP contribution in [0.25, 0.3) is 0 Å². The van der Waals surface area contributed by atoms with Crippen LogP contribution in [0.1, 0.15) is 118 Å². The molecule has 24 N–H and O–H groups in total. The van der Waals surface area contributed by atoms with Gasteiger partial charge in [-0.25, -0.2) is 0 Å². The van der Waals surface area contributed by atoms with Gasteiger partial charge in [0.2, 0.25) is 94.5 Å². The summed E-state index contributed by atoms with van der Waals surface area (Å²) in [6.45, 7) is 3.37. The number of rotatable bonds is 17. The predicted molar refractivity (Wildman–Crippen MR) is 362 cm³/mol. The van der Waals surface area contributed by atoms with Crippen LogP contribution in [0.5, 0.6) is 0 Å². The summed E-state index contributed by atoms with van der Waals surface area (Å²) >= 11 is 0. The van der Waals surface area contributed by atoms with Crippen molar-refractivity contribution in [3.05, 3.63) is 0 Å². The standard InChI is InChI=1S/C60H98N20O19S2/c1-5-28(2)44-54(94)73-36-26-100-101-27-37(74-55(95)45(29(3)82)75-43(86)24-67-47(87)33(22-41(62)84)70-52(92)38-14-9-19-78(38)58(98)34(23-42(63)85)71-50(36)90)51(91)77-46(30(4)83)56(96)68-31(13-8-18-66-60(64)65)48(88)72-35(25-81)49(89)69-32(12-6-7-17-61)57(97)80-21-11-16-40(80)59(99)79-20-10-15-39(79)53(93)76-44/h28-40,44-46,81-83H,5-27,61H2,1-4H3,(H2,62,84)(H2,63,85)(H,67,87)(H,68,96)(H,69,89)(H,70,92)(H,71,90)(H,72,88)(H,73,94)(H,74,95)(H,75,86)(H,76,93)(H,77,91)(H4,64,65,66)/t28-,29+,30+,31-,32-,33-,34-,35-,36-,37-,38-,39-,40-,44-,45-,46-/m0/s1. The summed E-state index contributed by atoms with van der Waals surface area (Å²) in [7, 11) is 1.47. The minimum absolute atomic E-state index is 0.0351. The van der Waals surface area contributed by atoms with Gasteiger partial charge in [0.15, 0.2) is 5.96 Å². The highest BCUT2D eigenvalue weighted by molar-refractivity contribution is 8.76. The fourth-order valence-electron chi connectivity index (χ4n) is 12.0. The smallest absolute Gasteiger partial charge is 0.246 e. The number of aliphatic hydroxyl groups excluding tert-OH is 3. The van der Waals surface area contributed by atoms with E-state index in [2.05, 4.69) is 63.5 Å². The van der Waals surface area contributed by atoms with Crippen LogP contribution in [0.15, 0.2) is 4.99 Å². The zero-order chi connectivity index (χ0) is 74.9. The molecule has 5 rings (SSSR count). The van der Waals surface area contributed by atoms with E-state index in [0.29, 0.717) is 19.3 Å². The molecule has 0 spiro atoms. The molecule has 0 unspecified atom stereocenters. The lowest BCUT2D eigenvalue weighted by atomic mass is 9.97. The van der Waals surface area contributed by atoms with Crippen molar-refractivity contribution >= 4 is 122 Å². The second kappa shape index (κ2) is 40.1. The fourth-order valence-corrected chi connectivity index (χ4v) is 14.3. The maximum Gasteiger partial charge on any atom is 0.246 e. The van der Waals surface area contributed by atoms with Crippen molar-refractivity contribution in [1.29, 1.82) is 0 Å². The number of nitrogens with one attached hydrogen (secondary N) is 11. The van der Waals surface area contributed by atoms with E-state index < -0.39 is 229 Å². The fraction of sp³-hybridized carbons (Fsp3) is 0.717. The van der Waals surface area contributed by atoms with Gasteiger partial charge in [0.1, 0.15) is 78.5 Å². The Balaban J connectivity index is 1.68. The second-order valence-corrected chi connectivity index (χ2v) is 28.0. The number of nitrogens with zero attached hydrogens (tertiary/aromatic N) is 4. The number of carbonyl (C=O) groups excluding carboxylic acids is 16. The SMILES string of the molecule is CC[C@H](C)[C@@H]1NC(=O)[C@@H]2CCCN2C(=O)[C@@H]2CCCN2C(=O)[C@H](CCCCN)NC(=O)[C@H](CO)NC(=O)[C@H](CCCN=C(N)N)NC(=O)[C@H]([C@@H](C)O)NC(=O)[C@@H]2CSSC[C@H](NC1=O)C(=O)N[C@@H](CC(N)=O)C(=O)N1CCC[C@H]1C(=O)N[C@@H](CC(N)=O)C(=O)NCC(=O)N[C@@H]([C@@H](C)O)C(=O)N2. The molecule has 5 saturated heterocycles. The Hall–Kier alpha value is -8.67. The maximum atomic E-state index is 14.9. The number of unbranched alkanes of at least 4 members (excludes halogenated alkanes) is 1. The first-order valence-electron chi connectivity index (χ1n) is 33.6. The molecule has 0 aliphatic carbocycles. The van der Waals surface area contributed by atoms with Gasteiger partial charge in [0.05, 0.1) is 38.2 Å². The molecule has 16 amide bonds. The lowest BCUT2D eigenvalue weighted by Gasteiger charge is -2.34. The van der Waals surface area contributed by atoms with Crippen molar-refractivity contribution in [2.24, 2.45) is 39.6 Å². The highest BCUT2D eigenvalue weighted by Gasteiger charge is 2.47. The molecule has 0 saturated carbocycles. The average Bonchev–Trinajstić information content (AvgIpc) is 1.68. The average molecular weight is 1470 g/mol. The van der Waals surface area contributed by atoms with Crippen LogP contribution in [0, 0.1) is 5.92 Å². The van der Waals surface area contributed by atoms with E-state index in [1.165, 1.54) is 9.80 Å². The van der Waals surface area contributed by atoms with Crippen LogP contribution in [0.4, 0.5) is 0 Å². The van der Waals surface area contributed by atoms with Crippen LogP contribution < -0.4 is 87.2 Å². The minimum Gasteiger partial charge on any atom is -0.394 e. The van der Waals surface area contributed by atoms with E-state index in [-0.39, 0.29) is 96.5 Å². The van der Waals surface area contributed by atoms with Gasteiger partial charge in [0.25, 0.3) is 0 Å². The number of aliphatic hydroxyl groups is 3. The number of fused-ring (bicyclic) bond motifs is 8. The molecular weight excluding hydrogens is 1370 g/mol. The maximum absolute atomic E-state index is 14.9. The van der Waals surface area contributed by atoms with E-state index in [4.69, 9.17) is 28.7 Å². The zero-order valence-electron chi connectivity index (χ0n) is 56.9. The zero-order valence-corrected chi connectivity index (χ0v) is 58.5. The van der Waals surface area contributed by atoms with Gasteiger partial charge in [-0.1, -0.05) is 41.9 Å². The van der Waals surface area contributed by atoms with Crippen LogP contribution in [-0.2, 0) is 76.7 Å². The molecule has 5 fully saturated rings. The molecule has 0 radical (unpaired) electrons. The number of nitrogens with two attached hydrogens (primary N) is 5. The van der Waals surface area contributed by atoms with E-state index in [1.54, 1.807) is 13.8 Å². The summed E-state index contributed by atoms with van der Waals surface area (Å²) in [6, 6.07) is -21.4. The largest absolute Gasteiger partial charge is 0.394 e. The monoisotopic (exact) mass is 1470 g/mol. The Bertz CT molecular complexity index is 3070. The Morgan fingerprint density at radius 2 is 0.931 bits per heavy atom. The molecule has 101 heavy (non-hydrogen) atoms. The molecular formula is C60H98N20O19S2. The first kappa shape index (κ1) is 83.0. The first-order chi connectivity index (χ1) is 47.8. The minimum atomic E-state index is -2.03. The number of aliphatic imine (C=N–C) groups is 1. The third-order valence-electron chi connectivity index (χ3n) is 17.7. The van der Waals surface area contributed by atoms with Crippen molar-refractivity contribution in [2.45, 2.75) is 208 Å². The summed E-state index contributed by atoms with van der Waals surface area (Å²) in [6.07, 6.45) is -3.92. The molecule has 564 valence electrons. The first-order valence-corrected chi connectivity index (χ1v) is 36.1. The molecule has 5 aliphatic heterocycles. The third kappa shape index (κ3) is 24.3. The molecule has 16 atom stereocenters. The van der Waals surface area contributed by atoms with Gasteiger partial charge in [-0.05, 0) is 96.9 Å². The lowest BCUT2D eigenvalue weighted by Crippen LogP contribution is -2.63. The van der Waals surface area contributed by atoms with Crippen molar-refractivity contribution in [1.82, 2.24) is 73.2 Å². The van der Waals surface area contributed by atoms with Gasteiger partial charge in [-0.15, -0.1) is 0 Å². The highest BCUT2D eigenvalue weighted by atomic mass is 33.1. The van der Waals surface area contributed by atoms with Crippen LogP contribution >= 0.6 is 21.6 Å². The van der Waals surface area contributed by atoms with Crippen molar-refractivity contribution < 1.29 is 92.0 Å². The predicted octanol–water partition coefficient (Wildman–Crippen LogP) is -9.93. The Kier molecular flexibility index (Phi) is 32.9. The number of carbonyl (C=O) groups is 16. The number of amides is 16. The third-order valence-corrected chi connectivity index (χ3v) is 20.1. The number of guanidine groups is 1. The molecule has 0 aromatic carbocycles. The molecule has 39 nitrogen and oxygen atoms in total. The van der Waals surface area contributed by atoms with E-state index in [1.807, 2.05) is 0 Å². The quantitative estimate of drug-likeness (QED) is 0.0278. The van der Waals surface area contributed by atoms with Crippen molar-refractivity contribution in [3.63, 3.8) is 0 Å². The van der Waals surface area contributed by atoms with Crippen LogP contribution in [-0.4, -0.2) is 279 Å². The topological polar surface area (TPSA) is 618 Å². The van der Waals surface area contributed by atoms with Gasteiger partial charge < -0.3 is 117 Å². The van der Waals surface area contributed by atoms with Crippen LogP contribution in [0.2, 0.25) is 0 Å². The molecule has 2 bridgehead atoms.